The van der Waals surface area contributed by atoms with Gasteiger partial charge in [-0.25, -0.2) is 9.97 Å². The first-order chi connectivity index (χ1) is 11.8. The molecule has 0 saturated carbocycles. The molecule has 5 nitrogen and oxygen atoms in total. The molecule has 2 aromatic heterocycles. The summed E-state index contributed by atoms with van der Waals surface area (Å²) in [7, 11) is 5.11. The van der Waals surface area contributed by atoms with E-state index in [9.17, 15) is 4.79 Å². The van der Waals surface area contributed by atoms with Crippen LogP contribution < -0.4 is 4.74 Å². The number of carbonyl (C=O) groups is 1. The van der Waals surface area contributed by atoms with E-state index in [-0.39, 0.29) is 11.8 Å². The summed E-state index contributed by atoms with van der Waals surface area (Å²) in [6.07, 6.45) is 0.737. The molecule has 1 amide bonds. The Morgan fingerprint density at radius 1 is 1.12 bits per heavy atom. The highest BCUT2D eigenvalue weighted by Gasteiger charge is 2.16. The number of hydrogen-bond acceptors (Lipinski definition) is 4. The summed E-state index contributed by atoms with van der Waals surface area (Å²) >= 11 is 0. The van der Waals surface area contributed by atoms with Crippen LogP contribution in [0.3, 0.4) is 0 Å². The van der Waals surface area contributed by atoms with Crippen molar-refractivity contribution in [1.29, 1.82) is 0 Å². The van der Waals surface area contributed by atoms with Crippen LogP contribution in [-0.4, -0.2) is 42.0 Å². The van der Waals surface area contributed by atoms with Crippen LogP contribution in [0.1, 0.15) is 60.0 Å². The fraction of sp³-hybridized carbons (Fsp3) is 0.450. The van der Waals surface area contributed by atoms with E-state index in [0.717, 1.165) is 23.4 Å². The van der Waals surface area contributed by atoms with Gasteiger partial charge in [0.05, 0.1) is 7.11 Å². The summed E-state index contributed by atoms with van der Waals surface area (Å²) in [4.78, 5) is 22.8. The van der Waals surface area contributed by atoms with Crippen molar-refractivity contribution in [2.75, 3.05) is 21.2 Å². The van der Waals surface area contributed by atoms with Gasteiger partial charge >= 0.3 is 0 Å². The quantitative estimate of drug-likeness (QED) is 0.805. The molecule has 5 heteroatoms. The number of amides is 1. The van der Waals surface area contributed by atoms with E-state index in [1.165, 1.54) is 4.90 Å². The molecule has 0 bridgehead atoms. The van der Waals surface area contributed by atoms with Crippen LogP contribution in [0.15, 0.2) is 30.3 Å². The molecule has 134 valence electrons. The van der Waals surface area contributed by atoms with Gasteiger partial charge in [0, 0.05) is 37.0 Å². The fourth-order valence-corrected chi connectivity index (χ4v) is 2.70. The van der Waals surface area contributed by atoms with Crippen molar-refractivity contribution >= 4 is 5.91 Å². The molecule has 1 atom stereocenters. The Kier molecular flexibility index (Phi) is 6.12. The summed E-state index contributed by atoms with van der Waals surface area (Å²) in [5, 5.41) is 0. The average molecular weight is 341 g/mol. The predicted octanol–water partition coefficient (Wildman–Crippen LogP) is 3.66. The van der Waals surface area contributed by atoms with Crippen molar-refractivity contribution in [2.24, 2.45) is 0 Å². The van der Waals surface area contributed by atoms with E-state index in [1.807, 2.05) is 18.2 Å². The van der Waals surface area contributed by atoms with Crippen molar-refractivity contribution in [2.45, 2.75) is 39.0 Å². The number of ether oxygens (including phenoxy) is 1. The lowest BCUT2D eigenvalue weighted by molar-refractivity contribution is 0.0821. The Morgan fingerprint density at radius 2 is 1.84 bits per heavy atom. The summed E-state index contributed by atoms with van der Waals surface area (Å²) < 4.78 is 5.43. The number of rotatable bonds is 6. The molecule has 0 radical (unpaired) electrons. The molecule has 0 spiro atoms. The van der Waals surface area contributed by atoms with Gasteiger partial charge in [-0.1, -0.05) is 32.9 Å². The molecule has 0 aromatic carbocycles. The van der Waals surface area contributed by atoms with Crippen LogP contribution >= 0.6 is 0 Å². The van der Waals surface area contributed by atoms with Gasteiger partial charge in [0.2, 0.25) is 5.88 Å². The summed E-state index contributed by atoms with van der Waals surface area (Å²) in [5.74, 6) is 1.11. The predicted molar refractivity (Wildman–Crippen MR) is 99.3 cm³/mol. The van der Waals surface area contributed by atoms with E-state index in [2.05, 4.69) is 36.8 Å². The normalized spacial score (nSPS) is 12.1. The second-order valence-corrected chi connectivity index (χ2v) is 6.81. The van der Waals surface area contributed by atoms with Crippen LogP contribution in [0.2, 0.25) is 0 Å². The highest BCUT2D eigenvalue weighted by Crippen LogP contribution is 2.26. The maximum absolute atomic E-state index is 12.1. The summed E-state index contributed by atoms with van der Waals surface area (Å²) in [5.41, 5.74) is 3.42. The standard InChI is InChI=1S/C20H27N3O2/c1-13(2)16-11-10-15(21-19(16)25-6)12-14(3)17-8-7-9-18(22-17)20(24)23(4)5/h7-11,13-14H,12H2,1-6H3. The Morgan fingerprint density at radius 3 is 2.44 bits per heavy atom. The topological polar surface area (TPSA) is 55.3 Å². The van der Waals surface area contributed by atoms with Crippen molar-refractivity contribution in [3.8, 4) is 5.88 Å². The third-order valence-corrected chi connectivity index (χ3v) is 4.18. The second kappa shape index (κ2) is 8.10. The Labute approximate surface area is 150 Å². The maximum Gasteiger partial charge on any atom is 0.271 e. The van der Waals surface area contributed by atoms with Gasteiger partial charge in [0.25, 0.3) is 5.91 Å². The van der Waals surface area contributed by atoms with Crippen molar-refractivity contribution in [3.63, 3.8) is 0 Å². The number of carbonyl (C=O) groups excluding carboxylic acids is 1. The SMILES string of the molecule is COc1nc(CC(C)c2cccc(C(=O)N(C)C)n2)ccc1C(C)C. The Bertz CT molecular complexity index is 741. The van der Waals surface area contributed by atoms with Crippen LogP contribution in [0.4, 0.5) is 0 Å². The molecule has 2 heterocycles. The zero-order valence-corrected chi connectivity index (χ0v) is 15.9. The third kappa shape index (κ3) is 4.56. The smallest absolute Gasteiger partial charge is 0.271 e. The van der Waals surface area contributed by atoms with E-state index in [0.29, 0.717) is 17.5 Å². The lowest BCUT2D eigenvalue weighted by Gasteiger charge is -2.16. The largest absolute Gasteiger partial charge is 0.481 e. The minimum absolute atomic E-state index is 0.0878. The highest BCUT2D eigenvalue weighted by atomic mass is 16.5. The van der Waals surface area contributed by atoms with Gasteiger partial charge in [-0.05, 0) is 30.5 Å². The first-order valence-electron chi connectivity index (χ1n) is 8.55. The minimum atomic E-state index is -0.0878. The Balaban J connectivity index is 2.21. The number of pyridine rings is 2. The van der Waals surface area contributed by atoms with Crippen LogP contribution in [-0.2, 0) is 6.42 Å². The zero-order chi connectivity index (χ0) is 18.6. The van der Waals surface area contributed by atoms with Gasteiger partial charge in [0.1, 0.15) is 5.69 Å². The summed E-state index contributed by atoms with van der Waals surface area (Å²) in [6.45, 7) is 6.34. The second-order valence-electron chi connectivity index (χ2n) is 6.81. The molecule has 0 saturated heterocycles. The molecule has 0 aliphatic heterocycles. The Hall–Kier alpha value is -2.43. The number of methoxy groups -OCH3 is 1. The maximum atomic E-state index is 12.1. The monoisotopic (exact) mass is 341 g/mol. The van der Waals surface area contributed by atoms with Crippen molar-refractivity contribution in [3.05, 3.63) is 53.0 Å². The van der Waals surface area contributed by atoms with Crippen molar-refractivity contribution in [1.82, 2.24) is 14.9 Å². The summed E-state index contributed by atoms with van der Waals surface area (Å²) in [6, 6.07) is 9.71. The molecule has 2 aromatic rings. The lowest BCUT2D eigenvalue weighted by Crippen LogP contribution is -2.23. The fourth-order valence-electron chi connectivity index (χ4n) is 2.70. The van der Waals surface area contributed by atoms with Crippen LogP contribution in [0, 0.1) is 0 Å². The third-order valence-electron chi connectivity index (χ3n) is 4.18. The molecule has 0 aliphatic carbocycles. The lowest BCUT2D eigenvalue weighted by atomic mass is 9.98. The van der Waals surface area contributed by atoms with Crippen LogP contribution in [0.25, 0.3) is 0 Å². The van der Waals surface area contributed by atoms with Gasteiger partial charge in [-0.3, -0.25) is 4.79 Å². The van der Waals surface area contributed by atoms with Gasteiger partial charge < -0.3 is 9.64 Å². The number of hydrogen-bond donors (Lipinski definition) is 0. The average Bonchev–Trinajstić information content (AvgIpc) is 2.60. The molecular formula is C20H27N3O2. The molecular weight excluding hydrogens is 314 g/mol. The first kappa shape index (κ1) is 18.9. The molecule has 0 aliphatic rings. The molecule has 25 heavy (non-hydrogen) atoms. The number of nitrogens with zero attached hydrogens (tertiary/aromatic N) is 3. The van der Waals surface area contributed by atoms with Crippen LogP contribution in [0.5, 0.6) is 5.88 Å². The highest BCUT2D eigenvalue weighted by molar-refractivity contribution is 5.91. The molecule has 1 unspecified atom stereocenters. The van der Waals surface area contributed by atoms with Gasteiger partial charge in [0.15, 0.2) is 0 Å². The molecule has 0 N–H and O–H groups in total. The first-order valence-corrected chi connectivity index (χ1v) is 8.55. The molecule has 2 rings (SSSR count). The van der Waals surface area contributed by atoms with E-state index in [4.69, 9.17) is 4.74 Å². The molecule has 0 fully saturated rings. The van der Waals surface area contributed by atoms with Crippen molar-refractivity contribution < 1.29 is 9.53 Å². The van der Waals surface area contributed by atoms with E-state index >= 15 is 0 Å². The zero-order valence-electron chi connectivity index (χ0n) is 15.9. The van der Waals surface area contributed by atoms with E-state index < -0.39 is 0 Å². The van der Waals surface area contributed by atoms with Gasteiger partial charge in [-0.2, -0.15) is 0 Å². The van der Waals surface area contributed by atoms with E-state index in [1.54, 1.807) is 27.3 Å². The minimum Gasteiger partial charge on any atom is -0.481 e. The van der Waals surface area contributed by atoms with Gasteiger partial charge in [-0.15, -0.1) is 0 Å². The number of aromatic nitrogens is 2.